The number of carbonyl (C=O) groups excluding carboxylic acids is 4. The summed E-state index contributed by atoms with van der Waals surface area (Å²) in [6.07, 6.45) is -0.630. The number of esters is 3. The van der Waals surface area contributed by atoms with Crippen LogP contribution in [-0.2, 0) is 33.4 Å². The number of hydrogen-bond donors (Lipinski definition) is 3. The molecule has 0 unspecified atom stereocenters. The molecule has 0 radical (unpaired) electrons. The highest BCUT2D eigenvalue weighted by molar-refractivity contribution is 5.84. The van der Waals surface area contributed by atoms with Gasteiger partial charge in [-0.2, -0.15) is 0 Å². The summed E-state index contributed by atoms with van der Waals surface area (Å²) in [5, 5.41) is 2.76. The van der Waals surface area contributed by atoms with E-state index in [9.17, 15) is 19.2 Å². The number of amides is 1. The van der Waals surface area contributed by atoms with Crippen LogP contribution < -0.4 is 16.8 Å². The minimum atomic E-state index is -1.92. The van der Waals surface area contributed by atoms with Gasteiger partial charge in [0.25, 0.3) is 0 Å². The first-order valence-corrected chi connectivity index (χ1v) is 10.7. The Bertz CT molecular complexity index is 687. The van der Waals surface area contributed by atoms with E-state index < -0.39 is 52.3 Å². The van der Waals surface area contributed by atoms with Gasteiger partial charge in [0.15, 0.2) is 5.66 Å². The van der Waals surface area contributed by atoms with Crippen molar-refractivity contribution in [3.8, 4) is 0 Å². The van der Waals surface area contributed by atoms with Crippen LogP contribution in [0.4, 0.5) is 0 Å². The average Bonchev–Trinajstić information content (AvgIpc) is 2.51. The van der Waals surface area contributed by atoms with Crippen molar-refractivity contribution in [1.82, 2.24) is 5.32 Å². The summed E-state index contributed by atoms with van der Waals surface area (Å²) in [4.78, 5) is 49.2. The molecule has 0 heterocycles. The SMILES string of the molecule is CC(C)(C)OC(=O)CC[C@@H](N[C@](N)(CCC(N)=O)C(=O)OC(C)(C)C)C(=O)OC(C)(C)C. The summed E-state index contributed by atoms with van der Waals surface area (Å²) in [7, 11) is 0. The fraction of sp³-hybridized carbons (Fsp3) is 0.818. The molecular weight excluding hydrogens is 418 g/mol. The molecule has 0 aliphatic carbocycles. The lowest BCUT2D eigenvalue weighted by Crippen LogP contribution is -2.66. The molecular formula is C22H41N3O7. The number of nitrogens with one attached hydrogen (secondary N) is 1. The molecule has 10 heteroatoms. The second-order valence-corrected chi connectivity index (χ2v) is 10.8. The average molecular weight is 460 g/mol. The monoisotopic (exact) mass is 459 g/mol. The van der Waals surface area contributed by atoms with E-state index >= 15 is 0 Å². The first-order chi connectivity index (χ1) is 14.1. The Morgan fingerprint density at radius 2 is 1.25 bits per heavy atom. The van der Waals surface area contributed by atoms with Gasteiger partial charge in [-0.05, 0) is 75.2 Å². The lowest BCUT2D eigenvalue weighted by molar-refractivity contribution is -0.166. The smallest absolute Gasteiger partial charge is 0.341 e. The van der Waals surface area contributed by atoms with Crippen LogP contribution in [-0.4, -0.2) is 52.3 Å². The van der Waals surface area contributed by atoms with Crippen LogP contribution >= 0.6 is 0 Å². The zero-order valence-corrected chi connectivity index (χ0v) is 20.9. The second-order valence-electron chi connectivity index (χ2n) is 10.8. The van der Waals surface area contributed by atoms with E-state index in [0.29, 0.717) is 0 Å². The largest absolute Gasteiger partial charge is 0.460 e. The highest BCUT2D eigenvalue weighted by Crippen LogP contribution is 2.19. The molecule has 2 atom stereocenters. The zero-order valence-electron chi connectivity index (χ0n) is 20.9. The maximum Gasteiger partial charge on any atom is 0.341 e. The molecule has 186 valence electrons. The van der Waals surface area contributed by atoms with E-state index in [1.165, 1.54) is 0 Å². The third-order valence-corrected chi connectivity index (χ3v) is 3.71. The summed E-state index contributed by atoms with van der Waals surface area (Å²) in [5.41, 5.74) is 7.22. The summed E-state index contributed by atoms with van der Waals surface area (Å²) in [6.45, 7) is 15.2. The number of ether oxygens (including phenoxy) is 3. The Morgan fingerprint density at radius 3 is 1.66 bits per heavy atom. The van der Waals surface area contributed by atoms with Gasteiger partial charge in [0.1, 0.15) is 22.8 Å². The van der Waals surface area contributed by atoms with Crippen LogP contribution in [0.3, 0.4) is 0 Å². The second kappa shape index (κ2) is 11.1. The number of nitrogens with two attached hydrogens (primary N) is 2. The van der Waals surface area contributed by atoms with Crippen LogP contribution in [0, 0.1) is 0 Å². The van der Waals surface area contributed by atoms with E-state index in [4.69, 9.17) is 25.7 Å². The lowest BCUT2D eigenvalue weighted by atomic mass is 10.00. The van der Waals surface area contributed by atoms with Crippen molar-refractivity contribution in [1.29, 1.82) is 0 Å². The van der Waals surface area contributed by atoms with E-state index in [2.05, 4.69) is 5.32 Å². The Labute approximate surface area is 191 Å². The van der Waals surface area contributed by atoms with E-state index in [-0.39, 0.29) is 25.7 Å². The lowest BCUT2D eigenvalue weighted by Gasteiger charge is -2.35. The predicted octanol–water partition coefficient (Wildman–Crippen LogP) is 1.67. The molecule has 0 saturated carbocycles. The van der Waals surface area contributed by atoms with Crippen molar-refractivity contribution < 1.29 is 33.4 Å². The maximum atomic E-state index is 12.9. The summed E-state index contributed by atoms with van der Waals surface area (Å²) in [6, 6.07) is -1.15. The van der Waals surface area contributed by atoms with Gasteiger partial charge in [-0.25, -0.2) is 4.79 Å². The Kier molecular flexibility index (Phi) is 10.3. The molecule has 0 aliphatic rings. The molecule has 5 N–H and O–H groups in total. The van der Waals surface area contributed by atoms with Gasteiger partial charge in [0.2, 0.25) is 5.91 Å². The topological polar surface area (TPSA) is 160 Å². The minimum Gasteiger partial charge on any atom is -0.460 e. The van der Waals surface area contributed by atoms with Gasteiger partial charge in [-0.1, -0.05) is 0 Å². The number of primary amides is 1. The van der Waals surface area contributed by atoms with Gasteiger partial charge < -0.3 is 25.7 Å². The molecule has 0 aromatic carbocycles. The molecule has 0 saturated heterocycles. The Morgan fingerprint density at radius 1 is 0.781 bits per heavy atom. The summed E-state index contributed by atoms with van der Waals surface area (Å²) < 4.78 is 16.1. The summed E-state index contributed by atoms with van der Waals surface area (Å²) >= 11 is 0. The first kappa shape index (κ1) is 29.8. The van der Waals surface area contributed by atoms with E-state index in [1.54, 1.807) is 62.3 Å². The molecule has 0 aromatic heterocycles. The maximum absolute atomic E-state index is 12.9. The third kappa shape index (κ3) is 13.3. The fourth-order valence-corrected chi connectivity index (χ4v) is 2.51. The van der Waals surface area contributed by atoms with Crippen LogP contribution in [0.1, 0.15) is 88.0 Å². The van der Waals surface area contributed by atoms with Gasteiger partial charge >= 0.3 is 17.9 Å². The fourth-order valence-electron chi connectivity index (χ4n) is 2.51. The van der Waals surface area contributed by atoms with Gasteiger partial charge in [-0.3, -0.25) is 19.7 Å². The van der Waals surface area contributed by atoms with Crippen molar-refractivity contribution in [2.75, 3.05) is 0 Å². The number of carbonyl (C=O) groups is 4. The number of rotatable bonds is 10. The molecule has 0 aromatic rings. The summed E-state index contributed by atoms with van der Waals surface area (Å²) in [5.74, 6) is -2.77. The van der Waals surface area contributed by atoms with E-state index in [0.717, 1.165) is 0 Å². The molecule has 1 amide bonds. The third-order valence-electron chi connectivity index (χ3n) is 3.71. The van der Waals surface area contributed by atoms with Crippen molar-refractivity contribution in [2.24, 2.45) is 11.5 Å². The molecule has 0 bridgehead atoms. The van der Waals surface area contributed by atoms with Crippen LogP contribution in [0.25, 0.3) is 0 Å². The molecule has 10 nitrogen and oxygen atoms in total. The van der Waals surface area contributed by atoms with Crippen molar-refractivity contribution in [3.63, 3.8) is 0 Å². The molecule has 0 rings (SSSR count). The highest BCUT2D eigenvalue weighted by Gasteiger charge is 2.42. The van der Waals surface area contributed by atoms with Crippen LogP contribution in [0.2, 0.25) is 0 Å². The number of hydrogen-bond acceptors (Lipinski definition) is 9. The molecule has 0 fully saturated rings. The van der Waals surface area contributed by atoms with E-state index in [1.807, 2.05) is 0 Å². The van der Waals surface area contributed by atoms with Crippen molar-refractivity contribution in [3.05, 3.63) is 0 Å². The quantitative estimate of drug-likeness (QED) is 0.251. The highest BCUT2D eigenvalue weighted by atomic mass is 16.6. The van der Waals surface area contributed by atoms with Gasteiger partial charge in [0.05, 0.1) is 0 Å². The molecule has 32 heavy (non-hydrogen) atoms. The molecule has 0 aliphatic heterocycles. The van der Waals surface area contributed by atoms with Crippen molar-refractivity contribution >= 4 is 23.8 Å². The molecule has 0 spiro atoms. The standard InChI is InChI=1S/C22H41N3O7/c1-19(2,3)30-16(27)11-10-14(17(28)31-20(4,5)6)25-22(24,13-12-15(23)26)18(29)32-21(7,8)9/h14,25H,10-13,24H2,1-9H3,(H2,23,26)/t14-,22-/m1/s1. The van der Waals surface area contributed by atoms with Crippen molar-refractivity contribution in [2.45, 2.75) is 117 Å². The van der Waals surface area contributed by atoms with Gasteiger partial charge in [-0.15, -0.1) is 0 Å². The Hall–Kier alpha value is -2.20. The van der Waals surface area contributed by atoms with Crippen LogP contribution in [0.5, 0.6) is 0 Å². The predicted molar refractivity (Wildman–Crippen MR) is 119 cm³/mol. The van der Waals surface area contributed by atoms with Gasteiger partial charge in [0, 0.05) is 12.8 Å². The normalized spacial score (nSPS) is 15.3. The first-order valence-electron chi connectivity index (χ1n) is 10.7. The zero-order chi connectivity index (χ0) is 25.5. The Balaban J connectivity index is 5.80. The minimum absolute atomic E-state index is 0.0534. The van der Waals surface area contributed by atoms with Crippen LogP contribution in [0.15, 0.2) is 0 Å².